The van der Waals surface area contributed by atoms with Crippen molar-refractivity contribution >= 4 is 17.9 Å². The number of methoxy groups -OCH3 is 3. The van der Waals surface area contributed by atoms with E-state index < -0.39 is 17.9 Å². The lowest BCUT2D eigenvalue weighted by molar-refractivity contribution is 0.0586. The maximum atomic E-state index is 11.9. The largest absolute Gasteiger partial charge is 0.465 e. The zero-order valence-electron chi connectivity index (χ0n) is 12.6. The summed E-state index contributed by atoms with van der Waals surface area (Å²) in [4.78, 5) is 35.0. The van der Waals surface area contributed by atoms with E-state index in [1.165, 1.54) is 50.4 Å². The molecule has 120 valence electrons. The minimum Gasteiger partial charge on any atom is -0.465 e. The predicted molar refractivity (Wildman–Crippen MR) is 75.4 cm³/mol. The van der Waals surface area contributed by atoms with Gasteiger partial charge in [0.15, 0.2) is 5.69 Å². The van der Waals surface area contributed by atoms with Crippen molar-refractivity contribution in [3.63, 3.8) is 0 Å². The average molecular weight is 319 g/mol. The van der Waals surface area contributed by atoms with Crippen LogP contribution in [0.4, 0.5) is 0 Å². The molecule has 1 aromatic carbocycles. The second-order valence-corrected chi connectivity index (χ2v) is 4.26. The molecule has 2 rings (SSSR count). The Morgan fingerprint density at radius 2 is 1.61 bits per heavy atom. The van der Waals surface area contributed by atoms with Gasteiger partial charge in [0.25, 0.3) is 0 Å². The fourth-order valence-corrected chi connectivity index (χ4v) is 1.83. The van der Waals surface area contributed by atoms with E-state index in [2.05, 4.69) is 19.8 Å². The van der Waals surface area contributed by atoms with Crippen LogP contribution >= 0.6 is 0 Å². The normalized spacial score (nSPS) is 10.0. The topological polar surface area (TPSA) is 110 Å². The Kier molecular flexibility index (Phi) is 4.69. The lowest BCUT2D eigenvalue weighted by Crippen LogP contribution is -2.11. The zero-order valence-corrected chi connectivity index (χ0v) is 12.6. The lowest BCUT2D eigenvalue weighted by atomic mass is 10.1. The third-order valence-electron chi connectivity index (χ3n) is 2.96. The number of benzene rings is 1. The molecule has 0 unspecified atom stereocenters. The molecule has 0 bridgehead atoms. The van der Waals surface area contributed by atoms with Crippen LogP contribution in [-0.4, -0.2) is 54.2 Å². The van der Waals surface area contributed by atoms with Crippen molar-refractivity contribution < 1.29 is 28.6 Å². The van der Waals surface area contributed by atoms with E-state index in [4.69, 9.17) is 4.74 Å². The number of nitrogens with zero attached hydrogens (tertiary/aromatic N) is 3. The molecule has 0 N–H and O–H groups in total. The van der Waals surface area contributed by atoms with Crippen LogP contribution in [0.3, 0.4) is 0 Å². The molecule has 0 spiro atoms. The van der Waals surface area contributed by atoms with Gasteiger partial charge in [0.1, 0.15) is 0 Å². The van der Waals surface area contributed by atoms with Gasteiger partial charge in [-0.25, -0.2) is 19.1 Å². The van der Waals surface area contributed by atoms with Gasteiger partial charge < -0.3 is 14.2 Å². The number of ether oxygens (including phenoxy) is 3. The molecule has 0 amide bonds. The maximum absolute atomic E-state index is 11.9. The van der Waals surface area contributed by atoms with Crippen molar-refractivity contribution in [2.75, 3.05) is 21.3 Å². The van der Waals surface area contributed by atoms with Crippen molar-refractivity contribution in [3.8, 4) is 5.69 Å². The second-order valence-electron chi connectivity index (χ2n) is 4.26. The highest BCUT2D eigenvalue weighted by atomic mass is 16.5. The number of hydrogen-bond donors (Lipinski definition) is 0. The van der Waals surface area contributed by atoms with Crippen LogP contribution in [0.15, 0.2) is 24.4 Å². The Balaban J connectivity index is 2.56. The third kappa shape index (κ3) is 3.18. The highest BCUT2D eigenvalue weighted by molar-refractivity contribution is 5.97. The van der Waals surface area contributed by atoms with Gasteiger partial charge in [-0.1, -0.05) is 5.21 Å². The molecule has 0 saturated heterocycles. The molecule has 0 aliphatic carbocycles. The molecule has 0 fully saturated rings. The summed E-state index contributed by atoms with van der Waals surface area (Å²) in [5.74, 6) is -1.90. The Bertz CT molecular complexity index is 768. The van der Waals surface area contributed by atoms with Crippen molar-refractivity contribution in [1.29, 1.82) is 0 Å². The van der Waals surface area contributed by atoms with E-state index in [1.807, 2.05) is 0 Å². The summed E-state index contributed by atoms with van der Waals surface area (Å²) in [6.45, 7) is 0. The smallest absolute Gasteiger partial charge is 0.360 e. The monoisotopic (exact) mass is 319 g/mol. The lowest BCUT2D eigenvalue weighted by Gasteiger charge is -2.09. The molecule has 2 aromatic rings. The summed E-state index contributed by atoms with van der Waals surface area (Å²) < 4.78 is 15.0. The van der Waals surface area contributed by atoms with E-state index >= 15 is 0 Å². The van der Waals surface area contributed by atoms with E-state index in [1.54, 1.807) is 0 Å². The Morgan fingerprint density at radius 3 is 2.22 bits per heavy atom. The molecule has 0 aliphatic rings. The fourth-order valence-electron chi connectivity index (χ4n) is 1.83. The SMILES string of the molecule is COC(=O)c1ccc(C(=O)OC)c(-n2cc(C(=O)OC)nn2)c1. The zero-order chi connectivity index (χ0) is 17.0. The molecular weight excluding hydrogens is 306 g/mol. The van der Waals surface area contributed by atoms with Gasteiger partial charge in [0.2, 0.25) is 0 Å². The summed E-state index contributed by atoms with van der Waals surface area (Å²) in [5, 5.41) is 7.42. The summed E-state index contributed by atoms with van der Waals surface area (Å²) >= 11 is 0. The number of carbonyl (C=O) groups is 3. The maximum Gasteiger partial charge on any atom is 0.360 e. The molecule has 0 aliphatic heterocycles. The minimum atomic E-state index is -0.681. The number of esters is 3. The van der Waals surface area contributed by atoms with Crippen molar-refractivity contribution in [1.82, 2.24) is 15.0 Å². The van der Waals surface area contributed by atoms with Gasteiger partial charge in [0, 0.05) is 0 Å². The molecule has 9 heteroatoms. The number of carbonyl (C=O) groups excluding carboxylic acids is 3. The number of hydrogen-bond acceptors (Lipinski definition) is 8. The first-order valence-corrected chi connectivity index (χ1v) is 6.33. The van der Waals surface area contributed by atoms with Crippen LogP contribution in [0.1, 0.15) is 31.2 Å². The van der Waals surface area contributed by atoms with Gasteiger partial charge in [-0.2, -0.15) is 0 Å². The van der Waals surface area contributed by atoms with Gasteiger partial charge in [-0.05, 0) is 18.2 Å². The highest BCUT2D eigenvalue weighted by Crippen LogP contribution is 2.18. The van der Waals surface area contributed by atoms with Crippen LogP contribution in [0.5, 0.6) is 0 Å². The van der Waals surface area contributed by atoms with Crippen LogP contribution in [0, 0.1) is 0 Å². The first-order chi connectivity index (χ1) is 11.0. The summed E-state index contributed by atoms with van der Waals surface area (Å²) in [7, 11) is 3.67. The van der Waals surface area contributed by atoms with Gasteiger partial charge in [-0.15, -0.1) is 5.10 Å². The fraction of sp³-hybridized carbons (Fsp3) is 0.214. The van der Waals surface area contributed by atoms with Crippen molar-refractivity contribution in [3.05, 3.63) is 41.2 Å². The standard InChI is InChI=1S/C14H13N3O6/c1-21-12(18)8-4-5-9(13(19)22-2)11(6-8)17-7-10(15-16-17)14(20)23-3/h4-7H,1-3H3. The predicted octanol–water partition coefficient (Wildman–Crippen LogP) is 0.627. The van der Waals surface area contributed by atoms with Crippen LogP contribution in [0.25, 0.3) is 5.69 Å². The summed E-state index contributed by atoms with van der Waals surface area (Å²) in [6.07, 6.45) is 1.27. The average Bonchev–Trinajstić information content (AvgIpc) is 3.09. The van der Waals surface area contributed by atoms with Crippen LogP contribution < -0.4 is 0 Å². The molecule has 0 radical (unpaired) electrons. The number of rotatable bonds is 4. The molecule has 0 atom stereocenters. The molecule has 0 saturated carbocycles. The first kappa shape index (κ1) is 16.1. The van der Waals surface area contributed by atoms with E-state index in [9.17, 15) is 14.4 Å². The van der Waals surface area contributed by atoms with Crippen LogP contribution in [0.2, 0.25) is 0 Å². The molecule has 9 nitrogen and oxygen atoms in total. The van der Waals surface area contributed by atoms with E-state index in [0.717, 1.165) is 0 Å². The van der Waals surface area contributed by atoms with Crippen molar-refractivity contribution in [2.24, 2.45) is 0 Å². The van der Waals surface area contributed by atoms with Crippen molar-refractivity contribution in [2.45, 2.75) is 0 Å². The number of aromatic nitrogens is 3. The molecule has 23 heavy (non-hydrogen) atoms. The Labute approximate surface area is 130 Å². The first-order valence-electron chi connectivity index (χ1n) is 6.33. The van der Waals surface area contributed by atoms with E-state index in [-0.39, 0.29) is 22.5 Å². The molecular formula is C14H13N3O6. The summed E-state index contributed by atoms with van der Waals surface area (Å²) in [6, 6.07) is 4.19. The Hall–Kier alpha value is -3.23. The minimum absolute atomic E-state index is 0.0493. The van der Waals surface area contributed by atoms with Gasteiger partial charge in [-0.3, -0.25) is 0 Å². The second kappa shape index (κ2) is 6.69. The van der Waals surface area contributed by atoms with E-state index in [0.29, 0.717) is 0 Å². The summed E-state index contributed by atoms with van der Waals surface area (Å²) in [5.41, 5.74) is 0.501. The quantitative estimate of drug-likeness (QED) is 0.596. The van der Waals surface area contributed by atoms with Gasteiger partial charge >= 0.3 is 17.9 Å². The molecule has 1 aromatic heterocycles. The van der Waals surface area contributed by atoms with Gasteiger partial charge in [0.05, 0.1) is 44.3 Å². The Morgan fingerprint density at radius 1 is 0.957 bits per heavy atom. The third-order valence-corrected chi connectivity index (χ3v) is 2.96. The van der Waals surface area contributed by atoms with Crippen LogP contribution in [-0.2, 0) is 14.2 Å². The molecule has 1 heterocycles. The highest BCUT2D eigenvalue weighted by Gasteiger charge is 2.19.